The number of carbonyl (C=O) groups excluding carboxylic acids is 1. The second-order valence-electron chi connectivity index (χ2n) is 5.85. The van der Waals surface area contributed by atoms with Gasteiger partial charge in [0.2, 0.25) is 15.9 Å². The molecule has 1 saturated heterocycles. The van der Waals surface area contributed by atoms with Gasteiger partial charge in [0.25, 0.3) is 0 Å². The average molecular weight is 324 g/mol. The van der Waals surface area contributed by atoms with Crippen molar-refractivity contribution >= 4 is 15.9 Å². The van der Waals surface area contributed by atoms with Crippen LogP contribution in [0.5, 0.6) is 5.75 Å². The Kier molecular flexibility index (Phi) is 4.10. The van der Waals surface area contributed by atoms with Crippen LogP contribution in [0.15, 0.2) is 24.3 Å². The van der Waals surface area contributed by atoms with Crippen molar-refractivity contribution in [1.82, 2.24) is 9.62 Å². The Balaban J connectivity index is 1.58. The smallest absolute Gasteiger partial charge is 0.223 e. The number of nitrogens with one attached hydrogen (secondary N) is 1. The van der Waals surface area contributed by atoms with Gasteiger partial charge in [0.1, 0.15) is 12.4 Å². The highest BCUT2D eigenvalue weighted by Crippen LogP contribution is 2.32. The number of benzene rings is 1. The first-order chi connectivity index (χ1) is 10.4. The molecular weight excluding hydrogens is 304 g/mol. The van der Waals surface area contributed by atoms with Crippen molar-refractivity contribution in [3.8, 4) is 5.75 Å². The molecule has 1 fully saturated rings. The van der Waals surface area contributed by atoms with Gasteiger partial charge >= 0.3 is 0 Å². The van der Waals surface area contributed by atoms with Gasteiger partial charge < -0.3 is 10.1 Å². The molecule has 0 saturated carbocycles. The summed E-state index contributed by atoms with van der Waals surface area (Å²) in [6.45, 7) is 1.27. The molecule has 0 radical (unpaired) electrons. The summed E-state index contributed by atoms with van der Waals surface area (Å²) in [5.74, 6) is 0.670. The monoisotopic (exact) mass is 324 g/mol. The zero-order valence-corrected chi connectivity index (χ0v) is 13.3. The van der Waals surface area contributed by atoms with E-state index < -0.39 is 10.0 Å². The van der Waals surface area contributed by atoms with Crippen molar-refractivity contribution in [3.05, 3.63) is 29.8 Å². The van der Waals surface area contributed by atoms with E-state index in [-0.39, 0.29) is 17.9 Å². The first kappa shape index (κ1) is 15.3. The van der Waals surface area contributed by atoms with E-state index in [0.717, 1.165) is 11.3 Å². The summed E-state index contributed by atoms with van der Waals surface area (Å²) in [7, 11) is -3.16. The van der Waals surface area contributed by atoms with Crippen LogP contribution in [0.25, 0.3) is 0 Å². The number of hydrogen-bond acceptors (Lipinski definition) is 4. The maximum Gasteiger partial charge on any atom is 0.223 e. The second-order valence-corrected chi connectivity index (χ2v) is 7.83. The maximum atomic E-state index is 12.4. The molecule has 0 aliphatic carbocycles. The van der Waals surface area contributed by atoms with Gasteiger partial charge in [0.15, 0.2) is 0 Å². The van der Waals surface area contributed by atoms with E-state index in [1.54, 1.807) is 0 Å². The predicted octanol–water partition coefficient (Wildman–Crippen LogP) is 0.908. The Morgan fingerprint density at radius 1 is 1.27 bits per heavy atom. The minimum absolute atomic E-state index is 0.0153. The lowest BCUT2D eigenvalue weighted by Gasteiger charge is -2.30. The molecule has 7 heteroatoms. The average Bonchev–Trinajstić information content (AvgIpc) is 2.90. The summed E-state index contributed by atoms with van der Waals surface area (Å²) in [5.41, 5.74) is 1.00. The van der Waals surface area contributed by atoms with E-state index in [4.69, 9.17) is 4.74 Å². The summed E-state index contributed by atoms with van der Waals surface area (Å²) in [5, 5.41) is 3.03. The molecule has 1 aromatic rings. The quantitative estimate of drug-likeness (QED) is 0.896. The Bertz CT molecular complexity index is 666. The molecule has 1 N–H and O–H groups in total. The highest BCUT2D eigenvalue weighted by molar-refractivity contribution is 7.88. The molecule has 2 heterocycles. The summed E-state index contributed by atoms with van der Waals surface area (Å²) in [4.78, 5) is 12.4. The third-order valence-corrected chi connectivity index (χ3v) is 5.61. The molecule has 0 bridgehead atoms. The van der Waals surface area contributed by atoms with Crippen molar-refractivity contribution in [3.63, 3.8) is 0 Å². The van der Waals surface area contributed by atoms with Crippen molar-refractivity contribution in [2.45, 2.75) is 18.9 Å². The highest BCUT2D eigenvalue weighted by Gasteiger charge is 2.32. The topological polar surface area (TPSA) is 75.7 Å². The molecule has 0 aromatic heterocycles. The molecule has 1 aromatic carbocycles. The number of piperidine rings is 1. The van der Waals surface area contributed by atoms with E-state index in [0.29, 0.717) is 32.5 Å². The highest BCUT2D eigenvalue weighted by atomic mass is 32.2. The van der Waals surface area contributed by atoms with E-state index >= 15 is 0 Å². The number of nitrogens with zero attached hydrogens (tertiary/aromatic N) is 1. The van der Waals surface area contributed by atoms with Crippen LogP contribution in [0, 0.1) is 5.92 Å². The van der Waals surface area contributed by atoms with Crippen molar-refractivity contribution in [2.24, 2.45) is 5.92 Å². The number of sulfonamides is 1. The summed E-state index contributed by atoms with van der Waals surface area (Å²) >= 11 is 0. The minimum atomic E-state index is -3.16. The fourth-order valence-corrected chi connectivity index (χ4v) is 3.90. The van der Waals surface area contributed by atoms with Crippen LogP contribution in [0.1, 0.15) is 24.4 Å². The third kappa shape index (κ3) is 3.10. The molecule has 0 spiro atoms. The number of carbonyl (C=O) groups is 1. The lowest BCUT2D eigenvalue weighted by atomic mass is 9.96. The van der Waals surface area contributed by atoms with Crippen LogP contribution in [0.4, 0.5) is 0 Å². The fourth-order valence-electron chi connectivity index (χ4n) is 3.02. The molecule has 2 aliphatic rings. The normalized spacial score (nSPS) is 22.9. The summed E-state index contributed by atoms with van der Waals surface area (Å²) in [6.07, 6.45) is 2.34. The molecule has 1 unspecified atom stereocenters. The standard InChI is InChI=1S/C15H20N2O4S/c1-22(19,20)17-8-6-11(7-9-17)15(18)16-13-10-21-14-5-3-2-4-12(13)14/h2-5,11,13H,6-10H2,1H3,(H,16,18). The van der Waals surface area contributed by atoms with E-state index in [1.165, 1.54) is 10.6 Å². The number of fused-ring (bicyclic) bond motifs is 1. The van der Waals surface area contributed by atoms with E-state index in [2.05, 4.69) is 5.32 Å². The summed E-state index contributed by atoms with van der Waals surface area (Å²) in [6, 6.07) is 7.57. The molecule has 1 atom stereocenters. The number of amides is 1. The molecule has 22 heavy (non-hydrogen) atoms. The molecule has 3 rings (SSSR count). The minimum Gasteiger partial charge on any atom is -0.491 e. The second kappa shape index (κ2) is 5.89. The number of hydrogen-bond donors (Lipinski definition) is 1. The van der Waals surface area contributed by atoms with Crippen LogP contribution in [-0.4, -0.2) is 44.6 Å². The van der Waals surface area contributed by atoms with Gasteiger partial charge in [-0.25, -0.2) is 12.7 Å². The number of ether oxygens (including phenoxy) is 1. The van der Waals surface area contributed by atoms with Gasteiger partial charge in [0, 0.05) is 24.6 Å². The molecular formula is C15H20N2O4S. The van der Waals surface area contributed by atoms with Crippen molar-refractivity contribution in [2.75, 3.05) is 26.0 Å². The van der Waals surface area contributed by atoms with Gasteiger partial charge in [0.05, 0.1) is 12.3 Å². The fraction of sp³-hybridized carbons (Fsp3) is 0.533. The predicted molar refractivity (Wildman–Crippen MR) is 82.0 cm³/mol. The van der Waals surface area contributed by atoms with Crippen LogP contribution in [0.2, 0.25) is 0 Å². The van der Waals surface area contributed by atoms with Gasteiger partial charge in [-0.05, 0) is 18.9 Å². The van der Waals surface area contributed by atoms with Gasteiger partial charge in [-0.2, -0.15) is 0 Å². The van der Waals surface area contributed by atoms with Crippen LogP contribution in [-0.2, 0) is 14.8 Å². The van der Waals surface area contributed by atoms with E-state index in [1.807, 2.05) is 24.3 Å². The third-order valence-electron chi connectivity index (χ3n) is 4.31. The Hall–Kier alpha value is -1.60. The lowest BCUT2D eigenvalue weighted by Crippen LogP contribution is -2.43. The van der Waals surface area contributed by atoms with Crippen molar-refractivity contribution < 1.29 is 17.9 Å². The Labute approximate surface area is 130 Å². The molecule has 1 amide bonds. The largest absolute Gasteiger partial charge is 0.491 e. The molecule has 2 aliphatic heterocycles. The first-order valence-electron chi connectivity index (χ1n) is 7.42. The van der Waals surface area contributed by atoms with Crippen LogP contribution in [0.3, 0.4) is 0 Å². The molecule has 6 nitrogen and oxygen atoms in total. The van der Waals surface area contributed by atoms with Gasteiger partial charge in [-0.15, -0.1) is 0 Å². The van der Waals surface area contributed by atoms with Gasteiger partial charge in [-0.3, -0.25) is 4.79 Å². The first-order valence-corrected chi connectivity index (χ1v) is 9.27. The SMILES string of the molecule is CS(=O)(=O)N1CCC(C(=O)NC2COc3ccccc32)CC1. The van der Waals surface area contributed by atoms with Crippen LogP contribution < -0.4 is 10.1 Å². The maximum absolute atomic E-state index is 12.4. The summed E-state index contributed by atoms with van der Waals surface area (Å²) < 4.78 is 30.0. The number of para-hydroxylation sites is 1. The lowest BCUT2D eigenvalue weighted by molar-refractivity contribution is -0.127. The number of rotatable bonds is 3. The van der Waals surface area contributed by atoms with Crippen molar-refractivity contribution in [1.29, 1.82) is 0 Å². The zero-order chi connectivity index (χ0) is 15.7. The van der Waals surface area contributed by atoms with Gasteiger partial charge in [-0.1, -0.05) is 18.2 Å². The van der Waals surface area contributed by atoms with Crippen LogP contribution >= 0.6 is 0 Å². The Morgan fingerprint density at radius 3 is 2.64 bits per heavy atom. The molecule has 120 valence electrons. The Morgan fingerprint density at radius 2 is 1.95 bits per heavy atom. The zero-order valence-electron chi connectivity index (χ0n) is 12.5. The van der Waals surface area contributed by atoms with E-state index in [9.17, 15) is 13.2 Å².